The number of nitrogens with zero attached hydrogens (tertiary/aromatic N) is 4. The van der Waals surface area contributed by atoms with E-state index in [0.717, 1.165) is 34.4 Å². The molecule has 1 aromatic carbocycles. The molecule has 124 valence electrons. The van der Waals surface area contributed by atoms with Crippen LogP contribution in [0, 0.1) is 5.92 Å². The van der Waals surface area contributed by atoms with E-state index in [-0.39, 0.29) is 5.92 Å². The Kier molecular flexibility index (Phi) is 3.90. The summed E-state index contributed by atoms with van der Waals surface area (Å²) in [5.74, 6) is -0.936. The first-order valence-corrected chi connectivity index (χ1v) is 8.89. The molecule has 0 atom stereocenters. The average molecular weight is 363 g/mol. The lowest BCUT2D eigenvalue weighted by atomic mass is 9.98. The standard InChI is InChI=1S/C16H15ClN4O2S/c17-12-3-1-2-11(8-12)13-9-21-15(18-13)24-16(19-21)20-6-4-10(5-7-20)14(22)23/h1-3,8-10H,4-7H2,(H,22,23). The molecule has 3 aromatic rings. The fourth-order valence-corrected chi connectivity index (χ4v) is 4.05. The zero-order chi connectivity index (χ0) is 16.7. The minimum Gasteiger partial charge on any atom is -0.481 e. The van der Waals surface area contributed by atoms with Crippen molar-refractivity contribution in [1.29, 1.82) is 0 Å². The zero-order valence-electron chi connectivity index (χ0n) is 12.7. The lowest BCUT2D eigenvalue weighted by Crippen LogP contribution is -2.36. The molecule has 0 saturated carbocycles. The van der Waals surface area contributed by atoms with Gasteiger partial charge in [0.2, 0.25) is 10.1 Å². The van der Waals surface area contributed by atoms with Gasteiger partial charge in [-0.1, -0.05) is 35.1 Å². The Bertz CT molecular complexity index is 867. The minimum absolute atomic E-state index is 0.236. The molecule has 24 heavy (non-hydrogen) atoms. The van der Waals surface area contributed by atoms with Crippen LogP contribution in [0.2, 0.25) is 5.02 Å². The van der Waals surface area contributed by atoms with Crippen LogP contribution in [0.15, 0.2) is 30.5 Å². The molecule has 3 heterocycles. The molecule has 0 unspecified atom stereocenters. The number of carboxylic acid groups (broad SMARTS) is 1. The maximum Gasteiger partial charge on any atom is 0.306 e. The number of aliphatic carboxylic acids is 1. The van der Waals surface area contributed by atoms with Crippen LogP contribution in [-0.2, 0) is 4.79 Å². The van der Waals surface area contributed by atoms with Gasteiger partial charge in [0.15, 0.2) is 0 Å². The molecule has 1 N–H and O–H groups in total. The summed E-state index contributed by atoms with van der Waals surface area (Å²) in [5, 5.41) is 15.2. The number of halogens is 1. The normalized spacial score (nSPS) is 16.0. The summed E-state index contributed by atoms with van der Waals surface area (Å²) in [7, 11) is 0. The first kappa shape index (κ1) is 15.4. The van der Waals surface area contributed by atoms with Gasteiger partial charge in [0.05, 0.1) is 17.8 Å². The Morgan fingerprint density at radius 3 is 2.79 bits per heavy atom. The van der Waals surface area contributed by atoms with Crippen LogP contribution in [0.4, 0.5) is 5.13 Å². The number of fused-ring (bicyclic) bond motifs is 1. The van der Waals surface area contributed by atoms with Crippen LogP contribution >= 0.6 is 22.9 Å². The van der Waals surface area contributed by atoms with Gasteiger partial charge >= 0.3 is 5.97 Å². The van der Waals surface area contributed by atoms with Gasteiger partial charge in [0, 0.05) is 23.7 Å². The first-order chi connectivity index (χ1) is 11.6. The number of imidazole rings is 1. The molecule has 1 fully saturated rings. The van der Waals surface area contributed by atoms with Gasteiger partial charge < -0.3 is 10.0 Å². The van der Waals surface area contributed by atoms with E-state index in [2.05, 4.69) is 15.0 Å². The largest absolute Gasteiger partial charge is 0.481 e. The number of piperidine rings is 1. The van der Waals surface area contributed by atoms with Gasteiger partial charge in [-0.05, 0) is 25.0 Å². The predicted octanol–water partition coefficient (Wildman–Crippen LogP) is 3.41. The molecule has 0 bridgehead atoms. The van der Waals surface area contributed by atoms with E-state index in [1.807, 2.05) is 30.5 Å². The van der Waals surface area contributed by atoms with Gasteiger partial charge in [-0.3, -0.25) is 4.79 Å². The molecule has 0 radical (unpaired) electrons. The van der Waals surface area contributed by atoms with E-state index in [4.69, 9.17) is 16.7 Å². The van der Waals surface area contributed by atoms with Crippen molar-refractivity contribution in [3.8, 4) is 11.3 Å². The Balaban J connectivity index is 1.55. The second kappa shape index (κ2) is 6.07. The lowest BCUT2D eigenvalue weighted by Gasteiger charge is -2.29. The van der Waals surface area contributed by atoms with Crippen LogP contribution in [0.5, 0.6) is 0 Å². The molecule has 0 aliphatic carbocycles. The molecule has 1 aliphatic rings. The molecule has 8 heteroatoms. The Morgan fingerprint density at radius 2 is 2.12 bits per heavy atom. The fourth-order valence-electron chi connectivity index (χ4n) is 2.92. The van der Waals surface area contributed by atoms with Gasteiger partial charge in [-0.25, -0.2) is 9.50 Å². The number of hydrogen-bond acceptors (Lipinski definition) is 5. The third-order valence-corrected chi connectivity index (χ3v) is 5.49. The van der Waals surface area contributed by atoms with Gasteiger partial charge in [0.1, 0.15) is 0 Å². The number of rotatable bonds is 3. The number of aromatic nitrogens is 3. The second-order valence-corrected chi connectivity index (χ2v) is 7.22. The summed E-state index contributed by atoms with van der Waals surface area (Å²) in [4.78, 5) is 18.6. The van der Waals surface area contributed by atoms with E-state index in [0.29, 0.717) is 17.9 Å². The van der Waals surface area contributed by atoms with Crippen molar-refractivity contribution in [2.45, 2.75) is 12.8 Å². The monoisotopic (exact) mass is 362 g/mol. The van der Waals surface area contributed by atoms with E-state index in [9.17, 15) is 4.79 Å². The van der Waals surface area contributed by atoms with Crippen LogP contribution in [0.1, 0.15) is 12.8 Å². The highest BCUT2D eigenvalue weighted by atomic mass is 35.5. The molecule has 2 aromatic heterocycles. The van der Waals surface area contributed by atoms with Crippen molar-refractivity contribution in [3.63, 3.8) is 0 Å². The highest BCUT2D eigenvalue weighted by molar-refractivity contribution is 7.20. The smallest absolute Gasteiger partial charge is 0.306 e. The molecular weight excluding hydrogens is 348 g/mol. The van der Waals surface area contributed by atoms with Crippen LogP contribution < -0.4 is 4.90 Å². The molecule has 1 saturated heterocycles. The number of anilines is 1. The highest BCUT2D eigenvalue weighted by Crippen LogP contribution is 2.30. The molecule has 0 spiro atoms. The third kappa shape index (κ3) is 2.85. The second-order valence-electron chi connectivity index (χ2n) is 5.85. The van der Waals surface area contributed by atoms with Crippen LogP contribution in [0.25, 0.3) is 16.2 Å². The average Bonchev–Trinajstić information content (AvgIpc) is 3.14. The van der Waals surface area contributed by atoms with E-state index in [1.54, 1.807) is 4.52 Å². The van der Waals surface area contributed by atoms with Crippen molar-refractivity contribution in [2.24, 2.45) is 5.92 Å². The Labute approximate surface area is 147 Å². The van der Waals surface area contributed by atoms with E-state index >= 15 is 0 Å². The number of carboxylic acids is 1. The summed E-state index contributed by atoms with van der Waals surface area (Å²) in [6, 6.07) is 7.58. The van der Waals surface area contributed by atoms with Gasteiger partial charge in [0.25, 0.3) is 0 Å². The van der Waals surface area contributed by atoms with Gasteiger partial charge in [-0.2, -0.15) is 0 Å². The summed E-state index contributed by atoms with van der Waals surface area (Å²) >= 11 is 7.55. The highest BCUT2D eigenvalue weighted by Gasteiger charge is 2.26. The Morgan fingerprint density at radius 1 is 1.33 bits per heavy atom. The third-order valence-electron chi connectivity index (χ3n) is 4.27. The van der Waals surface area contributed by atoms with Gasteiger partial charge in [-0.15, -0.1) is 5.10 Å². The summed E-state index contributed by atoms with van der Waals surface area (Å²) in [5.41, 5.74) is 1.80. The fraction of sp³-hybridized carbons (Fsp3) is 0.312. The molecule has 6 nitrogen and oxygen atoms in total. The first-order valence-electron chi connectivity index (χ1n) is 7.70. The van der Waals surface area contributed by atoms with Crippen molar-refractivity contribution >= 4 is 39.0 Å². The number of hydrogen-bond donors (Lipinski definition) is 1. The van der Waals surface area contributed by atoms with Crippen molar-refractivity contribution in [3.05, 3.63) is 35.5 Å². The summed E-state index contributed by atoms with van der Waals surface area (Å²) < 4.78 is 1.78. The van der Waals surface area contributed by atoms with Crippen molar-refractivity contribution < 1.29 is 9.90 Å². The lowest BCUT2D eigenvalue weighted by molar-refractivity contribution is -0.142. The molecule has 0 amide bonds. The molecule has 1 aliphatic heterocycles. The predicted molar refractivity (Wildman–Crippen MR) is 93.9 cm³/mol. The summed E-state index contributed by atoms with van der Waals surface area (Å²) in [6.45, 7) is 1.43. The van der Waals surface area contributed by atoms with Crippen molar-refractivity contribution in [1.82, 2.24) is 14.6 Å². The number of benzene rings is 1. The molecular formula is C16H15ClN4O2S. The SMILES string of the molecule is O=C(O)C1CCN(c2nn3cc(-c4cccc(Cl)c4)nc3s2)CC1. The van der Waals surface area contributed by atoms with E-state index in [1.165, 1.54) is 11.3 Å². The summed E-state index contributed by atoms with van der Waals surface area (Å²) in [6.07, 6.45) is 3.21. The van der Waals surface area contributed by atoms with Crippen LogP contribution in [-0.4, -0.2) is 38.8 Å². The van der Waals surface area contributed by atoms with Crippen LogP contribution in [0.3, 0.4) is 0 Å². The maximum atomic E-state index is 11.0. The number of carbonyl (C=O) groups is 1. The quantitative estimate of drug-likeness (QED) is 0.773. The minimum atomic E-state index is -0.699. The zero-order valence-corrected chi connectivity index (χ0v) is 14.3. The molecule has 4 rings (SSSR count). The topological polar surface area (TPSA) is 70.7 Å². The maximum absolute atomic E-state index is 11.0. The van der Waals surface area contributed by atoms with Crippen molar-refractivity contribution in [2.75, 3.05) is 18.0 Å². The van der Waals surface area contributed by atoms with E-state index < -0.39 is 5.97 Å². The Hall–Kier alpha value is -2.12.